The number of carbonyl (C=O) groups excluding carboxylic acids is 2. The quantitative estimate of drug-likeness (QED) is 0.731. The molecule has 2 aromatic heterocycles. The Bertz CT molecular complexity index is 972. The van der Waals surface area contributed by atoms with Crippen molar-refractivity contribution < 1.29 is 14.0 Å². The lowest BCUT2D eigenvalue weighted by Crippen LogP contribution is -2.43. The summed E-state index contributed by atoms with van der Waals surface area (Å²) in [5, 5.41) is 4.64. The average molecular weight is 398 g/mol. The maximum atomic E-state index is 14.4. The van der Waals surface area contributed by atoms with Crippen molar-refractivity contribution in [2.45, 2.75) is 12.8 Å². The number of rotatable bonds is 4. The number of halogens is 1. The molecular weight excluding hydrogens is 379 g/mol. The van der Waals surface area contributed by atoms with Crippen LogP contribution in [0.4, 0.5) is 10.1 Å². The first-order chi connectivity index (χ1) is 13.6. The normalized spacial score (nSPS) is 16.8. The number of benzene rings is 1. The Hall–Kier alpha value is -3.00. The number of carbonyl (C=O) groups is 2. The second-order valence-corrected chi connectivity index (χ2v) is 7.64. The van der Waals surface area contributed by atoms with Crippen molar-refractivity contribution in [1.29, 1.82) is 0 Å². The third-order valence-corrected chi connectivity index (χ3v) is 5.67. The molecule has 1 aromatic carbocycles. The monoisotopic (exact) mass is 398 g/mol. The van der Waals surface area contributed by atoms with Gasteiger partial charge in [0.15, 0.2) is 0 Å². The summed E-state index contributed by atoms with van der Waals surface area (Å²) in [6.07, 6.45) is 6.20. The number of nitrogens with one attached hydrogen (secondary N) is 1. The maximum Gasteiger partial charge on any atom is 0.263 e. The van der Waals surface area contributed by atoms with Gasteiger partial charge in [-0.05, 0) is 42.5 Å². The molecule has 4 rings (SSSR count). The van der Waals surface area contributed by atoms with Crippen LogP contribution >= 0.6 is 11.3 Å². The molecule has 1 aliphatic rings. The molecule has 1 saturated heterocycles. The summed E-state index contributed by atoms with van der Waals surface area (Å²) in [7, 11) is 0. The third-order valence-electron chi connectivity index (χ3n) is 4.81. The SMILES string of the molecule is O=C(Nc1ccc(-n2ccnc2)c(F)c1)C1CCCN(C(=O)c2cccs2)C1. The van der Waals surface area contributed by atoms with Gasteiger partial charge in [0.2, 0.25) is 5.91 Å². The van der Waals surface area contributed by atoms with E-state index >= 15 is 0 Å². The molecule has 2 amide bonds. The van der Waals surface area contributed by atoms with Crippen LogP contribution in [0.1, 0.15) is 22.5 Å². The average Bonchev–Trinajstić information content (AvgIpc) is 3.42. The minimum absolute atomic E-state index is 0.0387. The Morgan fingerprint density at radius 1 is 1.29 bits per heavy atom. The molecule has 0 bridgehead atoms. The molecule has 0 aliphatic carbocycles. The van der Waals surface area contributed by atoms with Crippen molar-refractivity contribution in [1.82, 2.24) is 14.5 Å². The van der Waals surface area contributed by atoms with E-state index in [0.717, 1.165) is 6.42 Å². The lowest BCUT2D eigenvalue weighted by Gasteiger charge is -2.31. The molecule has 3 aromatic rings. The molecule has 1 unspecified atom stereocenters. The maximum absolute atomic E-state index is 14.4. The number of hydrogen-bond acceptors (Lipinski definition) is 4. The molecule has 3 heterocycles. The number of piperidine rings is 1. The summed E-state index contributed by atoms with van der Waals surface area (Å²) in [4.78, 5) is 31.5. The Labute approximate surface area is 165 Å². The predicted octanol–water partition coefficient (Wildman–Crippen LogP) is 3.56. The van der Waals surface area contributed by atoms with Crippen LogP contribution < -0.4 is 5.32 Å². The first-order valence-electron chi connectivity index (χ1n) is 9.03. The van der Waals surface area contributed by atoms with E-state index in [-0.39, 0.29) is 17.7 Å². The second kappa shape index (κ2) is 7.93. The molecule has 1 N–H and O–H groups in total. The largest absolute Gasteiger partial charge is 0.337 e. The highest BCUT2D eigenvalue weighted by Gasteiger charge is 2.29. The molecule has 1 aliphatic heterocycles. The van der Waals surface area contributed by atoms with Crippen molar-refractivity contribution in [2.24, 2.45) is 5.92 Å². The number of thiophene rings is 1. The van der Waals surface area contributed by atoms with Crippen LogP contribution in [-0.4, -0.2) is 39.4 Å². The second-order valence-electron chi connectivity index (χ2n) is 6.69. The standard InChI is InChI=1S/C20H19FN4O2S/c21-16-11-15(5-6-17(16)25-9-7-22-13-25)23-19(26)14-3-1-8-24(12-14)20(27)18-4-2-10-28-18/h2,4-7,9-11,13-14H,1,3,8,12H2,(H,23,26). The molecule has 6 nitrogen and oxygen atoms in total. The van der Waals surface area contributed by atoms with Crippen LogP contribution in [0.15, 0.2) is 54.4 Å². The van der Waals surface area contributed by atoms with Gasteiger partial charge < -0.3 is 14.8 Å². The first-order valence-corrected chi connectivity index (χ1v) is 9.91. The van der Waals surface area contributed by atoms with Crippen molar-refractivity contribution in [3.63, 3.8) is 0 Å². The van der Waals surface area contributed by atoms with Crippen LogP contribution in [0.25, 0.3) is 5.69 Å². The summed E-state index contributed by atoms with van der Waals surface area (Å²) in [5.74, 6) is -0.996. The van der Waals surface area contributed by atoms with E-state index in [2.05, 4.69) is 10.3 Å². The van der Waals surface area contributed by atoms with Crippen LogP contribution in [0.5, 0.6) is 0 Å². The van der Waals surface area contributed by atoms with Crippen molar-refractivity contribution >= 4 is 28.8 Å². The number of imidazole rings is 1. The first kappa shape index (κ1) is 18.4. The van der Waals surface area contributed by atoms with Crippen molar-refractivity contribution in [3.8, 4) is 5.69 Å². The summed E-state index contributed by atoms with van der Waals surface area (Å²) in [6.45, 7) is 1.02. The van der Waals surface area contributed by atoms with Crippen LogP contribution in [0, 0.1) is 11.7 Å². The van der Waals surface area contributed by atoms with Gasteiger partial charge in [0.25, 0.3) is 5.91 Å². The summed E-state index contributed by atoms with van der Waals surface area (Å²) in [5.41, 5.74) is 0.758. The Kier molecular flexibility index (Phi) is 5.21. The van der Waals surface area contributed by atoms with Crippen LogP contribution in [0.3, 0.4) is 0 Å². The minimum atomic E-state index is -0.450. The summed E-state index contributed by atoms with van der Waals surface area (Å²) in [6, 6.07) is 8.19. The minimum Gasteiger partial charge on any atom is -0.337 e. The van der Waals surface area contributed by atoms with Crippen LogP contribution in [-0.2, 0) is 4.79 Å². The lowest BCUT2D eigenvalue weighted by atomic mass is 9.97. The zero-order valence-electron chi connectivity index (χ0n) is 15.0. The fourth-order valence-corrected chi connectivity index (χ4v) is 4.06. The smallest absolute Gasteiger partial charge is 0.263 e. The number of aromatic nitrogens is 2. The van der Waals surface area contributed by atoms with Gasteiger partial charge in [-0.25, -0.2) is 9.37 Å². The van der Waals surface area contributed by atoms with Gasteiger partial charge in [0.1, 0.15) is 5.82 Å². The number of hydrogen-bond donors (Lipinski definition) is 1. The summed E-state index contributed by atoms with van der Waals surface area (Å²) < 4.78 is 15.9. The fraction of sp³-hybridized carbons (Fsp3) is 0.250. The van der Waals surface area contributed by atoms with Gasteiger partial charge in [0.05, 0.1) is 22.8 Å². The highest BCUT2D eigenvalue weighted by atomic mass is 32.1. The Balaban J connectivity index is 1.42. The van der Waals surface area contributed by atoms with E-state index < -0.39 is 5.82 Å². The van der Waals surface area contributed by atoms with Gasteiger partial charge in [-0.2, -0.15) is 0 Å². The van der Waals surface area contributed by atoms with E-state index in [1.165, 1.54) is 23.7 Å². The Morgan fingerprint density at radius 3 is 2.89 bits per heavy atom. The van der Waals surface area contributed by atoms with Crippen molar-refractivity contribution in [3.05, 3.63) is 65.1 Å². The van der Waals surface area contributed by atoms with Crippen molar-refractivity contribution in [2.75, 3.05) is 18.4 Å². The molecule has 0 saturated carbocycles. The van der Waals surface area contributed by atoms with E-state index in [0.29, 0.717) is 35.8 Å². The molecule has 8 heteroatoms. The van der Waals surface area contributed by atoms with Crippen LogP contribution in [0.2, 0.25) is 0 Å². The molecule has 0 radical (unpaired) electrons. The molecule has 1 atom stereocenters. The lowest BCUT2D eigenvalue weighted by molar-refractivity contribution is -0.121. The number of nitrogens with zero attached hydrogens (tertiary/aromatic N) is 3. The molecule has 28 heavy (non-hydrogen) atoms. The zero-order valence-corrected chi connectivity index (χ0v) is 15.9. The van der Waals surface area contributed by atoms with Gasteiger partial charge in [-0.1, -0.05) is 6.07 Å². The van der Waals surface area contributed by atoms with Gasteiger partial charge in [-0.15, -0.1) is 11.3 Å². The zero-order chi connectivity index (χ0) is 19.5. The van der Waals surface area contributed by atoms with E-state index in [1.54, 1.807) is 40.1 Å². The predicted molar refractivity (Wildman–Crippen MR) is 105 cm³/mol. The van der Waals surface area contributed by atoms with Gasteiger partial charge in [-0.3, -0.25) is 9.59 Å². The molecular formula is C20H19FN4O2S. The molecule has 0 spiro atoms. The third kappa shape index (κ3) is 3.82. The van der Waals surface area contributed by atoms with E-state index in [4.69, 9.17) is 0 Å². The van der Waals surface area contributed by atoms with E-state index in [1.807, 2.05) is 11.4 Å². The molecule has 144 valence electrons. The van der Waals surface area contributed by atoms with Gasteiger partial charge in [0, 0.05) is 31.2 Å². The highest BCUT2D eigenvalue weighted by molar-refractivity contribution is 7.12. The number of anilines is 1. The number of likely N-dealkylation sites (tertiary alicyclic amines) is 1. The van der Waals surface area contributed by atoms with Gasteiger partial charge >= 0.3 is 0 Å². The number of amides is 2. The van der Waals surface area contributed by atoms with E-state index in [9.17, 15) is 14.0 Å². The topological polar surface area (TPSA) is 67.2 Å². The Morgan fingerprint density at radius 2 is 2.18 bits per heavy atom. The highest BCUT2D eigenvalue weighted by Crippen LogP contribution is 2.23. The fourth-order valence-electron chi connectivity index (χ4n) is 3.37. The summed E-state index contributed by atoms with van der Waals surface area (Å²) >= 11 is 1.40. The molecule has 1 fully saturated rings.